The molecule has 0 aromatic rings. The molecular formula is C14H29NO. The van der Waals surface area contributed by atoms with E-state index in [1.54, 1.807) is 0 Å². The lowest BCUT2D eigenvalue weighted by Crippen LogP contribution is -2.55. The molecule has 0 spiro atoms. The second kappa shape index (κ2) is 5.50. The van der Waals surface area contributed by atoms with E-state index >= 15 is 0 Å². The Labute approximate surface area is 101 Å². The average Bonchev–Trinajstić information content (AvgIpc) is 2.53. The Balaban J connectivity index is 2.99. The van der Waals surface area contributed by atoms with Crippen molar-refractivity contribution in [3.8, 4) is 0 Å². The molecule has 96 valence electrons. The van der Waals surface area contributed by atoms with Crippen LogP contribution in [0, 0.1) is 11.3 Å². The van der Waals surface area contributed by atoms with Gasteiger partial charge in [-0.25, -0.2) is 0 Å². The first-order valence-corrected chi connectivity index (χ1v) is 6.95. The van der Waals surface area contributed by atoms with E-state index in [4.69, 9.17) is 5.73 Å². The summed E-state index contributed by atoms with van der Waals surface area (Å²) >= 11 is 0. The first-order valence-electron chi connectivity index (χ1n) is 6.95. The molecule has 0 amide bonds. The van der Waals surface area contributed by atoms with Crippen LogP contribution in [0.1, 0.15) is 65.7 Å². The standard InChI is InChI=1S/C14H29NO/c1-4-14(16,12(2)3)13(11-15)9-7-5-6-8-10-13/h12,16H,4-11,15H2,1-3H3. The van der Waals surface area contributed by atoms with Crippen LogP contribution >= 0.6 is 0 Å². The fourth-order valence-corrected chi connectivity index (χ4v) is 3.61. The molecule has 1 unspecified atom stereocenters. The Morgan fingerprint density at radius 1 is 1.19 bits per heavy atom. The van der Waals surface area contributed by atoms with Crippen LogP contribution in [-0.2, 0) is 0 Å². The van der Waals surface area contributed by atoms with Crippen LogP contribution in [0.3, 0.4) is 0 Å². The van der Waals surface area contributed by atoms with Gasteiger partial charge in [0.15, 0.2) is 0 Å². The molecule has 16 heavy (non-hydrogen) atoms. The van der Waals surface area contributed by atoms with Crippen molar-refractivity contribution in [2.75, 3.05) is 6.54 Å². The summed E-state index contributed by atoms with van der Waals surface area (Å²) in [4.78, 5) is 0. The fraction of sp³-hybridized carbons (Fsp3) is 1.00. The zero-order valence-electron chi connectivity index (χ0n) is 11.3. The van der Waals surface area contributed by atoms with E-state index in [0.29, 0.717) is 12.5 Å². The topological polar surface area (TPSA) is 46.2 Å². The van der Waals surface area contributed by atoms with Gasteiger partial charge in [0.05, 0.1) is 5.60 Å². The number of hydrogen-bond donors (Lipinski definition) is 2. The smallest absolute Gasteiger partial charge is 0.0735 e. The Hall–Kier alpha value is -0.0800. The Morgan fingerprint density at radius 2 is 1.69 bits per heavy atom. The SMILES string of the molecule is CCC(O)(C(C)C)C1(CN)CCCCCC1. The summed E-state index contributed by atoms with van der Waals surface area (Å²) in [5.41, 5.74) is 5.43. The molecule has 1 atom stereocenters. The first-order chi connectivity index (χ1) is 7.52. The number of aliphatic hydroxyl groups is 1. The Kier molecular flexibility index (Phi) is 4.81. The summed E-state index contributed by atoms with van der Waals surface area (Å²) in [6.07, 6.45) is 8.09. The van der Waals surface area contributed by atoms with Gasteiger partial charge in [-0.1, -0.05) is 46.5 Å². The van der Waals surface area contributed by atoms with Crippen molar-refractivity contribution in [2.24, 2.45) is 17.1 Å². The molecule has 1 rings (SSSR count). The van der Waals surface area contributed by atoms with E-state index in [1.165, 1.54) is 25.7 Å². The maximum absolute atomic E-state index is 11.0. The van der Waals surface area contributed by atoms with Gasteiger partial charge in [-0.05, 0) is 25.2 Å². The van der Waals surface area contributed by atoms with Crippen molar-refractivity contribution in [1.29, 1.82) is 0 Å². The van der Waals surface area contributed by atoms with Crippen molar-refractivity contribution in [3.63, 3.8) is 0 Å². The largest absolute Gasteiger partial charge is 0.389 e. The minimum atomic E-state index is -0.577. The van der Waals surface area contributed by atoms with Crippen LogP contribution in [0.4, 0.5) is 0 Å². The molecule has 1 aliphatic carbocycles. The van der Waals surface area contributed by atoms with Gasteiger partial charge >= 0.3 is 0 Å². The fourth-order valence-electron chi connectivity index (χ4n) is 3.61. The van der Waals surface area contributed by atoms with Crippen LogP contribution in [0.25, 0.3) is 0 Å². The molecule has 2 heteroatoms. The molecular weight excluding hydrogens is 198 g/mol. The van der Waals surface area contributed by atoms with Crippen molar-refractivity contribution in [2.45, 2.75) is 71.3 Å². The third-order valence-electron chi connectivity index (χ3n) is 4.86. The van der Waals surface area contributed by atoms with Gasteiger partial charge in [0.25, 0.3) is 0 Å². The molecule has 1 fully saturated rings. The maximum Gasteiger partial charge on any atom is 0.0735 e. The Morgan fingerprint density at radius 3 is 2.00 bits per heavy atom. The minimum Gasteiger partial charge on any atom is -0.389 e. The van der Waals surface area contributed by atoms with Crippen molar-refractivity contribution < 1.29 is 5.11 Å². The predicted octanol–water partition coefficient (Wildman–Crippen LogP) is 3.08. The van der Waals surface area contributed by atoms with Crippen molar-refractivity contribution in [1.82, 2.24) is 0 Å². The predicted molar refractivity (Wildman–Crippen MR) is 69.3 cm³/mol. The molecule has 2 nitrogen and oxygen atoms in total. The highest BCUT2D eigenvalue weighted by Gasteiger charge is 2.49. The van der Waals surface area contributed by atoms with E-state index in [9.17, 15) is 5.11 Å². The molecule has 0 aliphatic heterocycles. The number of hydrogen-bond acceptors (Lipinski definition) is 2. The number of rotatable bonds is 4. The zero-order valence-corrected chi connectivity index (χ0v) is 11.3. The van der Waals surface area contributed by atoms with Crippen LogP contribution < -0.4 is 5.73 Å². The van der Waals surface area contributed by atoms with E-state index < -0.39 is 5.60 Å². The Bertz CT molecular complexity index is 207. The summed E-state index contributed by atoms with van der Waals surface area (Å²) in [6, 6.07) is 0. The maximum atomic E-state index is 11.0. The van der Waals surface area contributed by atoms with Gasteiger partial charge in [0, 0.05) is 12.0 Å². The zero-order chi connectivity index (χ0) is 12.2. The second-order valence-corrected chi connectivity index (χ2v) is 5.83. The van der Waals surface area contributed by atoms with Crippen LogP contribution in [-0.4, -0.2) is 17.3 Å². The van der Waals surface area contributed by atoms with Gasteiger partial charge in [0.2, 0.25) is 0 Å². The third-order valence-corrected chi connectivity index (χ3v) is 4.86. The van der Waals surface area contributed by atoms with Crippen molar-refractivity contribution in [3.05, 3.63) is 0 Å². The lowest BCUT2D eigenvalue weighted by molar-refractivity contribution is -0.125. The van der Waals surface area contributed by atoms with Crippen LogP contribution in [0.15, 0.2) is 0 Å². The molecule has 0 bridgehead atoms. The number of nitrogens with two attached hydrogens (primary N) is 1. The van der Waals surface area contributed by atoms with E-state index in [0.717, 1.165) is 19.3 Å². The highest BCUT2D eigenvalue weighted by molar-refractivity contribution is 5.01. The van der Waals surface area contributed by atoms with Gasteiger partial charge in [0.1, 0.15) is 0 Å². The summed E-state index contributed by atoms with van der Waals surface area (Å²) in [6.45, 7) is 7.00. The molecule has 0 aromatic carbocycles. The molecule has 0 heterocycles. The monoisotopic (exact) mass is 227 g/mol. The molecule has 0 radical (unpaired) electrons. The van der Waals surface area contributed by atoms with Crippen LogP contribution in [0.5, 0.6) is 0 Å². The highest BCUT2D eigenvalue weighted by Crippen LogP contribution is 2.48. The summed E-state index contributed by atoms with van der Waals surface area (Å²) in [5, 5.41) is 11.0. The van der Waals surface area contributed by atoms with E-state index in [2.05, 4.69) is 20.8 Å². The summed E-state index contributed by atoms with van der Waals surface area (Å²) in [5.74, 6) is 0.291. The molecule has 1 aliphatic rings. The summed E-state index contributed by atoms with van der Waals surface area (Å²) in [7, 11) is 0. The van der Waals surface area contributed by atoms with E-state index in [1.807, 2.05) is 0 Å². The average molecular weight is 227 g/mol. The highest BCUT2D eigenvalue weighted by atomic mass is 16.3. The second-order valence-electron chi connectivity index (χ2n) is 5.83. The van der Waals surface area contributed by atoms with Crippen LogP contribution in [0.2, 0.25) is 0 Å². The minimum absolute atomic E-state index is 0.0353. The normalized spacial score (nSPS) is 25.1. The lowest BCUT2D eigenvalue weighted by Gasteiger charge is -2.49. The first kappa shape index (κ1) is 14.0. The lowest BCUT2D eigenvalue weighted by atomic mass is 9.61. The molecule has 1 saturated carbocycles. The quantitative estimate of drug-likeness (QED) is 0.725. The van der Waals surface area contributed by atoms with Gasteiger partial charge in [-0.15, -0.1) is 0 Å². The summed E-state index contributed by atoms with van der Waals surface area (Å²) < 4.78 is 0. The molecule has 0 saturated heterocycles. The van der Waals surface area contributed by atoms with Gasteiger partial charge < -0.3 is 10.8 Å². The molecule has 3 N–H and O–H groups in total. The van der Waals surface area contributed by atoms with Gasteiger partial charge in [-0.3, -0.25) is 0 Å². The third kappa shape index (κ3) is 2.28. The van der Waals surface area contributed by atoms with Gasteiger partial charge in [-0.2, -0.15) is 0 Å². The van der Waals surface area contributed by atoms with Crippen molar-refractivity contribution >= 4 is 0 Å². The van der Waals surface area contributed by atoms with E-state index in [-0.39, 0.29) is 5.41 Å². The molecule has 0 aromatic heterocycles.